The Hall–Kier alpha value is -8.75. The molecule has 0 aliphatic carbocycles. The normalized spacial score (nSPS) is 19.1. The maximum atomic E-state index is 14.3. The Labute approximate surface area is 613 Å². The van der Waals surface area contributed by atoms with Crippen LogP contribution in [0, 0.1) is 11.8 Å². The molecule has 0 unspecified atom stereocenters. The number of carboxylic acid groups (broad SMARTS) is 4. The van der Waals surface area contributed by atoms with Crippen molar-refractivity contribution in [3.8, 4) is 0 Å². The fraction of sp³-hybridized carbons (Fsp3) is 0.710. The number of carbonyl (C=O) groups excluding carboxylic acids is 14. The second-order valence-electron chi connectivity index (χ2n) is 26.0. The van der Waals surface area contributed by atoms with E-state index in [-0.39, 0.29) is 127 Å². The number of hydrogen-bond acceptors (Lipinski definition) is 20. The summed E-state index contributed by atoms with van der Waals surface area (Å²) < 4.78 is 0. The van der Waals surface area contributed by atoms with Crippen LogP contribution in [0.5, 0.6) is 0 Å². The van der Waals surface area contributed by atoms with Gasteiger partial charge in [-0.3, -0.25) is 81.5 Å². The van der Waals surface area contributed by atoms with Gasteiger partial charge in [0.1, 0.15) is 72.5 Å². The number of unbranched alkanes of at least 4 members (excludes halogenated alkanes) is 1. The van der Waals surface area contributed by atoms with Gasteiger partial charge in [-0.1, -0.05) is 27.7 Å². The van der Waals surface area contributed by atoms with Crippen LogP contribution in [-0.4, -0.2) is 271 Å². The lowest BCUT2D eigenvalue weighted by Gasteiger charge is -2.35. The lowest BCUT2D eigenvalue weighted by Crippen LogP contribution is -2.59. The van der Waals surface area contributed by atoms with E-state index < -0.39 is 224 Å². The third-order valence-corrected chi connectivity index (χ3v) is 17.3. The Balaban J connectivity index is 0.0000177. The molecule has 0 saturated carbocycles. The Morgan fingerprint density at radius 3 is 1.32 bits per heavy atom. The largest absolute Gasteiger partial charge is 0.481 e. The zero-order valence-corrected chi connectivity index (χ0v) is 60.8. The molecular formula is C62H101Cl3N16O22. The first-order chi connectivity index (χ1) is 47.1. The molecule has 0 aromatic carbocycles. The minimum Gasteiger partial charge on any atom is -0.481 e. The molecule has 0 bridgehead atoms. The van der Waals surface area contributed by atoms with Crippen LogP contribution in [0.2, 0.25) is 0 Å². The van der Waals surface area contributed by atoms with Crippen molar-refractivity contribution in [1.29, 1.82) is 0 Å². The van der Waals surface area contributed by atoms with E-state index in [1.807, 2.05) is 0 Å². The van der Waals surface area contributed by atoms with Crippen molar-refractivity contribution in [3.63, 3.8) is 0 Å². The Kier molecular flexibility index (Phi) is 40.0. The summed E-state index contributed by atoms with van der Waals surface area (Å²) >= 11 is 0. The van der Waals surface area contributed by atoms with Crippen LogP contribution in [0.3, 0.4) is 0 Å². The molecule has 0 aromatic rings. The lowest BCUT2D eigenvalue weighted by atomic mass is 10.0. The predicted octanol–water partition coefficient (Wildman–Crippen LogP) is -4.95. The van der Waals surface area contributed by atoms with Gasteiger partial charge in [0.2, 0.25) is 82.7 Å². The molecule has 4 rings (SSSR count). The van der Waals surface area contributed by atoms with E-state index in [1.54, 1.807) is 27.7 Å². The SMILES string of the molecule is CC(C)C[C@@H](NC(=O)CNC(=O)[C@@H](C)NC(=O)[C@@H](CC(=O)O)NC(=O)[C@@H](CC(=O)O)NC(=O)[C@@H](C)NC(=O)[C@H]1CCCN1C(=O)[C@@H](CCCCN)NC(=O)CNC(=O)[C@H]1CCCN1C(=O)[C@H]1CCCN1C(=O)[C@H]1CCCN1C(=O)[C@@H](CCC(=O)O)NC(=O)CN)C(=O)N[C@@H](C(=O)O)C(C)C.Cl.Cl.Cl. The first-order valence-corrected chi connectivity index (χ1v) is 33.6. The molecule has 38 nitrogen and oxygen atoms in total. The molecule has 582 valence electrons. The summed E-state index contributed by atoms with van der Waals surface area (Å²) in [5.74, 6) is -18.5. The van der Waals surface area contributed by atoms with Crippen LogP contribution in [-0.2, 0) is 86.3 Å². The molecule has 12 atom stereocenters. The van der Waals surface area contributed by atoms with Gasteiger partial charge in [0, 0.05) is 32.6 Å². The second-order valence-corrected chi connectivity index (χ2v) is 26.0. The summed E-state index contributed by atoms with van der Waals surface area (Å²) in [5.41, 5.74) is 11.2. The number of carbonyl (C=O) groups is 18. The van der Waals surface area contributed by atoms with Crippen LogP contribution < -0.4 is 64.6 Å². The maximum Gasteiger partial charge on any atom is 0.326 e. The first kappa shape index (κ1) is 92.3. The highest BCUT2D eigenvalue weighted by molar-refractivity contribution is 6.01. The number of aliphatic carboxylic acids is 4. The molecular weight excluding hydrogens is 1430 g/mol. The smallest absolute Gasteiger partial charge is 0.326 e. The minimum absolute atomic E-state index is 0. The van der Waals surface area contributed by atoms with Gasteiger partial charge in [0.25, 0.3) is 0 Å². The van der Waals surface area contributed by atoms with Crippen molar-refractivity contribution >= 4 is 144 Å². The summed E-state index contributed by atoms with van der Waals surface area (Å²) in [6.45, 7) is 7.73. The van der Waals surface area contributed by atoms with Crippen molar-refractivity contribution < 1.29 is 107 Å². The zero-order chi connectivity index (χ0) is 74.8. The van der Waals surface area contributed by atoms with E-state index in [9.17, 15) is 107 Å². The number of likely N-dealkylation sites (tertiary alicyclic amines) is 4. The van der Waals surface area contributed by atoms with Crippen LogP contribution in [0.25, 0.3) is 0 Å². The van der Waals surface area contributed by atoms with E-state index >= 15 is 0 Å². The van der Waals surface area contributed by atoms with Crippen LogP contribution in [0.1, 0.15) is 144 Å². The van der Waals surface area contributed by atoms with Gasteiger partial charge in [-0.25, -0.2) is 4.79 Å². The molecule has 0 radical (unpaired) electrons. The van der Waals surface area contributed by atoms with E-state index in [0.717, 1.165) is 13.8 Å². The number of nitrogens with two attached hydrogens (primary N) is 2. The molecule has 41 heteroatoms. The second kappa shape index (κ2) is 44.7. The highest BCUT2D eigenvalue weighted by Gasteiger charge is 2.47. The number of nitrogens with one attached hydrogen (secondary N) is 10. The van der Waals surface area contributed by atoms with E-state index in [1.165, 1.54) is 19.6 Å². The summed E-state index contributed by atoms with van der Waals surface area (Å²) in [6, 6.07) is -16.4. The minimum atomic E-state index is -2.02. The Morgan fingerprint density at radius 1 is 0.417 bits per heavy atom. The fourth-order valence-electron chi connectivity index (χ4n) is 12.2. The molecule has 4 heterocycles. The summed E-state index contributed by atoms with van der Waals surface area (Å²) in [4.78, 5) is 242. The van der Waals surface area contributed by atoms with Gasteiger partial charge in [0.05, 0.1) is 32.5 Å². The molecule has 18 N–H and O–H groups in total. The van der Waals surface area contributed by atoms with Gasteiger partial charge >= 0.3 is 23.9 Å². The number of amides is 14. The van der Waals surface area contributed by atoms with Crippen molar-refractivity contribution in [2.75, 3.05) is 52.4 Å². The van der Waals surface area contributed by atoms with Gasteiger partial charge in [0.15, 0.2) is 0 Å². The standard InChI is InChI=1S/C62H98N16O22.3ClH/c1-31(2)25-37(55(92)74-50(32(3)4)62(99)100)71-46(81)29-65-51(88)33(5)67-53(90)38(26-48(84)85)73-54(91)39(27-49(86)87)72-52(89)34(6)68-57(94)41-15-10-21-75(41)58(95)35(13-7-8-20-63)70-45(80)30-66-56(93)40-14-9-22-76(40)60(97)43-17-12-24-78(43)61(98)42-16-11-23-77(42)59(96)36(18-19-47(82)83)69-44(79)28-64;;;/h31-43,50H,7-30,63-64H2,1-6H3,(H,65,88)(H,66,93)(H,67,90)(H,68,94)(H,69,79)(H,70,80)(H,71,81)(H,72,89)(H,73,91)(H,74,92)(H,82,83)(H,84,85)(H,86,87)(H,99,100);3*1H/t33-,34-,35-,36-,37-,38-,39-,40-,41-,42-,43-,50-;;;/m1.../s1. The Bertz CT molecular complexity index is 3060. The molecule has 14 amide bonds. The van der Waals surface area contributed by atoms with E-state index in [0.29, 0.717) is 32.1 Å². The van der Waals surface area contributed by atoms with E-state index in [4.69, 9.17) is 11.5 Å². The lowest BCUT2D eigenvalue weighted by molar-refractivity contribution is -0.151. The molecule has 4 aliphatic heterocycles. The zero-order valence-electron chi connectivity index (χ0n) is 58.4. The quantitative estimate of drug-likeness (QED) is 0.0256. The third-order valence-electron chi connectivity index (χ3n) is 17.3. The van der Waals surface area contributed by atoms with Crippen LogP contribution >= 0.6 is 37.2 Å². The summed E-state index contributed by atoms with van der Waals surface area (Å²) in [7, 11) is 0. The average molecular weight is 1530 g/mol. The highest BCUT2D eigenvalue weighted by atomic mass is 35.5. The number of rotatable bonds is 39. The van der Waals surface area contributed by atoms with Gasteiger partial charge < -0.3 is 105 Å². The van der Waals surface area contributed by atoms with Gasteiger partial charge in [-0.05, 0) is 116 Å². The number of halogens is 3. The van der Waals surface area contributed by atoms with Crippen molar-refractivity contribution in [3.05, 3.63) is 0 Å². The summed E-state index contributed by atoms with van der Waals surface area (Å²) in [5, 5.41) is 61.6. The topological polar surface area (TPSA) is 573 Å². The van der Waals surface area contributed by atoms with Crippen molar-refractivity contribution in [1.82, 2.24) is 72.8 Å². The monoisotopic (exact) mass is 1530 g/mol. The number of carboxylic acids is 4. The summed E-state index contributed by atoms with van der Waals surface area (Å²) in [6.07, 6.45) is 0.156. The molecule has 4 aliphatic rings. The predicted molar refractivity (Wildman–Crippen MR) is 369 cm³/mol. The van der Waals surface area contributed by atoms with Gasteiger partial charge in [-0.15, -0.1) is 37.2 Å². The first-order valence-electron chi connectivity index (χ1n) is 33.6. The molecule has 0 aromatic heterocycles. The van der Waals surface area contributed by atoms with Crippen LogP contribution in [0.4, 0.5) is 0 Å². The van der Waals surface area contributed by atoms with E-state index in [2.05, 4.69) is 53.2 Å². The van der Waals surface area contributed by atoms with Crippen molar-refractivity contribution in [2.24, 2.45) is 23.3 Å². The highest BCUT2D eigenvalue weighted by Crippen LogP contribution is 2.29. The number of nitrogens with zero attached hydrogens (tertiary/aromatic N) is 4. The average Bonchev–Trinajstić information content (AvgIpc) is 1.65. The van der Waals surface area contributed by atoms with Crippen LogP contribution in [0.15, 0.2) is 0 Å². The fourth-order valence-corrected chi connectivity index (χ4v) is 12.2. The molecule has 4 saturated heterocycles. The third kappa shape index (κ3) is 28.4. The number of hydrogen-bond donors (Lipinski definition) is 16. The van der Waals surface area contributed by atoms with Gasteiger partial charge in [-0.2, -0.15) is 0 Å². The molecule has 4 fully saturated rings. The van der Waals surface area contributed by atoms with Crippen molar-refractivity contribution in [2.45, 2.75) is 217 Å². The maximum absolute atomic E-state index is 14.3. The Morgan fingerprint density at radius 2 is 0.835 bits per heavy atom. The molecule has 103 heavy (non-hydrogen) atoms. The molecule has 0 spiro atoms.